The summed E-state index contributed by atoms with van der Waals surface area (Å²) < 4.78 is 32.8. The van der Waals surface area contributed by atoms with E-state index in [0.717, 1.165) is 0 Å². The number of methoxy groups -OCH3 is 1. The molecule has 1 atom stereocenters. The number of hydrogen-bond acceptors (Lipinski definition) is 5. The number of benzene rings is 1. The molecule has 1 aliphatic heterocycles. The van der Waals surface area contributed by atoms with Crippen molar-refractivity contribution in [1.82, 2.24) is 14.5 Å². The Balaban J connectivity index is 2.52. The van der Waals surface area contributed by atoms with Crippen molar-refractivity contribution in [2.24, 2.45) is 5.92 Å². The minimum Gasteiger partial charge on any atom is -0.496 e. The molecule has 1 aromatic rings. The van der Waals surface area contributed by atoms with E-state index in [-0.39, 0.29) is 34.6 Å². The zero-order valence-corrected chi connectivity index (χ0v) is 16.5. The highest BCUT2D eigenvalue weighted by atomic mass is 32.2. The lowest BCUT2D eigenvalue weighted by Crippen LogP contribution is -2.59. The van der Waals surface area contributed by atoms with Crippen LogP contribution in [0, 0.1) is 5.92 Å². The quantitative estimate of drug-likeness (QED) is 0.801. The fourth-order valence-corrected chi connectivity index (χ4v) is 4.76. The Morgan fingerprint density at radius 2 is 1.96 bits per heavy atom. The van der Waals surface area contributed by atoms with Crippen LogP contribution in [0.4, 0.5) is 0 Å². The van der Waals surface area contributed by atoms with E-state index in [2.05, 4.69) is 5.32 Å². The van der Waals surface area contributed by atoms with Crippen LogP contribution >= 0.6 is 0 Å². The first kappa shape index (κ1) is 20.2. The zero-order chi connectivity index (χ0) is 19.6. The molecular weight excluding hydrogens is 358 g/mol. The summed E-state index contributed by atoms with van der Waals surface area (Å²) in [6, 6.07) is 3.34. The summed E-state index contributed by atoms with van der Waals surface area (Å²) in [5.41, 5.74) is 0.123. The van der Waals surface area contributed by atoms with Crippen molar-refractivity contribution in [3.05, 3.63) is 23.8 Å². The minimum absolute atomic E-state index is 0.0418. The Labute approximate surface area is 154 Å². The van der Waals surface area contributed by atoms with Crippen molar-refractivity contribution in [1.29, 1.82) is 0 Å². The lowest BCUT2D eigenvalue weighted by atomic mass is 10.0. The average molecular weight is 383 g/mol. The Morgan fingerprint density at radius 1 is 1.31 bits per heavy atom. The van der Waals surface area contributed by atoms with Crippen LogP contribution in [0.3, 0.4) is 0 Å². The second-order valence-electron chi connectivity index (χ2n) is 6.51. The van der Waals surface area contributed by atoms with Crippen LogP contribution in [0.15, 0.2) is 23.1 Å². The minimum atomic E-state index is -3.95. The molecule has 0 spiro atoms. The summed E-state index contributed by atoms with van der Waals surface area (Å²) >= 11 is 0. The molecule has 8 nitrogen and oxygen atoms in total. The average Bonchev–Trinajstić information content (AvgIpc) is 2.61. The molecule has 1 fully saturated rings. The normalized spacial score (nSPS) is 18.9. The van der Waals surface area contributed by atoms with Gasteiger partial charge in [0.1, 0.15) is 11.8 Å². The number of nitrogens with one attached hydrogen (secondary N) is 1. The van der Waals surface area contributed by atoms with Crippen LogP contribution in [0.5, 0.6) is 5.75 Å². The molecule has 0 saturated carbocycles. The van der Waals surface area contributed by atoms with E-state index in [0.29, 0.717) is 6.54 Å². The molecule has 2 rings (SSSR count). The third-order valence-corrected chi connectivity index (χ3v) is 6.35. The highest BCUT2D eigenvalue weighted by Crippen LogP contribution is 2.29. The van der Waals surface area contributed by atoms with Crippen molar-refractivity contribution in [2.75, 3.05) is 34.3 Å². The lowest BCUT2D eigenvalue weighted by molar-refractivity contribution is -0.138. The molecule has 1 N–H and O–H groups in total. The first-order valence-corrected chi connectivity index (χ1v) is 9.76. The van der Waals surface area contributed by atoms with Gasteiger partial charge >= 0.3 is 0 Å². The van der Waals surface area contributed by atoms with E-state index in [9.17, 15) is 18.0 Å². The standard InChI is InChI=1S/C17H25N3O5S/c1-11(2)15-17(22)19(4)8-9-20(15)26(23,24)12-6-7-14(25-5)13(10-12)16(21)18-3/h6-7,10-11,15H,8-9H2,1-5H3,(H,18,21). The molecule has 9 heteroatoms. The molecule has 26 heavy (non-hydrogen) atoms. The van der Waals surface area contributed by atoms with Crippen LogP contribution in [0.1, 0.15) is 24.2 Å². The van der Waals surface area contributed by atoms with Gasteiger partial charge in [-0.1, -0.05) is 13.8 Å². The van der Waals surface area contributed by atoms with Crippen LogP contribution in [0.25, 0.3) is 0 Å². The number of piperazine rings is 1. The maximum Gasteiger partial charge on any atom is 0.254 e. The maximum absolute atomic E-state index is 13.2. The molecule has 0 bridgehead atoms. The Morgan fingerprint density at radius 3 is 2.50 bits per heavy atom. The Kier molecular flexibility index (Phi) is 5.92. The number of carbonyl (C=O) groups is 2. The zero-order valence-electron chi connectivity index (χ0n) is 15.6. The number of rotatable bonds is 5. The van der Waals surface area contributed by atoms with Crippen molar-refractivity contribution in [3.8, 4) is 5.75 Å². The van der Waals surface area contributed by atoms with E-state index in [1.807, 2.05) is 13.8 Å². The first-order chi connectivity index (χ1) is 12.1. The fraction of sp³-hybridized carbons (Fsp3) is 0.529. The monoisotopic (exact) mass is 383 g/mol. The highest BCUT2D eigenvalue weighted by molar-refractivity contribution is 7.89. The van der Waals surface area contributed by atoms with Gasteiger partial charge in [0.2, 0.25) is 15.9 Å². The summed E-state index contributed by atoms with van der Waals surface area (Å²) in [7, 11) is 0.576. The topological polar surface area (TPSA) is 96.0 Å². The number of hydrogen-bond donors (Lipinski definition) is 1. The van der Waals surface area contributed by atoms with Crippen molar-refractivity contribution >= 4 is 21.8 Å². The van der Waals surface area contributed by atoms with E-state index in [4.69, 9.17) is 4.74 Å². The SMILES string of the molecule is CNC(=O)c1cc(S(=O)(=O)N2CCN(C)C(=O)C2C(C)C)ccc1OC. The Hall–Kier alpha value is -2.13. The molecular formula is C17H25N3O5S. The number of ether oxygens (including phenoxy) is 1. The van der Waals surface area contributed by atoms with Crippen LogP contribution in [-0.4, -0.2) is 69.8 Å². The van der Waals surface area contributed by atoms with E-state index >= 15 is 0 Å². The summed E-state index contributed by atoms with van der Waals surface area (Å²) in [6.45, 7) is 4.15. The van der Waals surface area contributed by atoms with Crippen LogP contribution in [0.2, 0.25) is 0 Å². The van der Waals surface area contributed by atoms with Gasteiger partial charge < -0.3 is 15.0 Å². The molecule has 1 unspecified atom stereocenters. The van der Waals surface area contributed by atoms with Gasteiger partial charge in [0.25, 0.3) is 5.91 Å². The number of amides is 2. The molecule has 0 radical (unpaired) electrons. The first-order valence-electron chi connectivity index (χ1n) is 8.32. The Bertz CT molecular complexity index is 807. The molecule has 1 heterocycles. The van der Waals surface area contributed by atoms with Crippen molar-refractivity contribution in [3.63, 3.8) is 0 Å². The lowest BCUT2D eigenvalue weighted by Gasteiger charge is -2.40. The molecule has 1 saturated heterocycles. The van der Waals surface area contributed by atoms with Crippen molar-refractivity contribution < 1.29 is 22.7 Å². The predicted molar refractivity (Wildman–Crippen MR) is 96.5 cm³/mol. The number of likely N-dealkylation sites (N-methyl/N-ethyl adjacent to an activating group) is 1. The molecule has 144 valence electrons. The van der Waals surface area contributed by atoms with Gasteiger partial charge in [0, 0.05) is 27.2 Å². The van der Waals surface area contributed by atoms with Gasteiger partial charge in [-0.15, -0.1) is 0 Å². The van der Waals surface area contributed by atoms with Crippen LogP contribution < -0.4 is 10.1 Å². The van der Waals surface area contributed by atoms with Gasteiger partial charge in [-0.2, -0.15) is 4.31 Å². The second-order valence-corrected chi connectivity index (χ2v) is 8.40. The van der Waals surface area contributed by atoms with Crippen LogP contribution in [-0.2, 0) is 14.8 Å². The third-order valence-electron chi connectivity index (χ3n) is 4.48. The number of nitrogens with zero attached hydrogens (tertiary/aromatic N) is 2. The van der Waals surface area contributed by atoms with E-state index in [1.54, 1.807) is 11.9 Å². The molecule has 1 aliphatic rings. The maximum atomic E-state index is 13.2. The number of carbonyl (C=O) groups excluding carboxylic acids is 2. The summed E-state index contributed by atoms with van der Waals surface area (Å²) in [5, 5.41) is 2.47. The smallest absolute Gasteiger partial charge is 0.254 e. The number of sulfonamides is 1. The molecule has 0 aliphatic carbocycles. The van der Waals surface area contributed by atoms with Crippen molar-refractivity contribution in [2.45, 2.75) is 24.8 Å². The second kappa shape index (κ2) is 7.63. The molecule has 0 aromatic heterocycles. The molecule has 2 amide bonds. The summed E-state index contributed by atoms with van der Waals surface area (Å²) in [5.74, 6) is -0.585. The van der Waals surface area contributed by atoms with Gasteiger partial charge in [0.15, 0.2) is 0 Å². The fourth-order valence-electron chi connectivity index (χ4n) is 3.03. The van der Waals surface area contributed by atoms with Gasteiger partial charge in [-0.25, -0.2) is 8.42 Å². The predicted octanol–water partition coefficient (Wildman–Crippen LogP) is 0.542. The van der Waals surface area contributed by atoms with Gasteiger partial charge in [-0.3, -0.25) is 9.59 Å². The largest absolute Gasteiger partial charge is 0.496 e. The summed E-state index contributed by atoms with van der Waals surface area (Å²) in [6.07, 6.45) is 0. The summed E-state index contributed by atoms with van der Waals surface area (Å²) in [4.78, 5) is 26.1. The third kappa shape index (κ3) is 3.54. The molecule has 1 aromatic carbocycles. The van der Waals surface area contributed by atoms with Gasteiger partial charge in [-0.05, 0) is 24.1 Å². The van der Waals surface area contributed by atoms with Gasteiger partial charge in [0.05, 0.1) is 17.6 Å². The van der Waals surface area contributed by atoms with E-state index < -0.39 is 22.0 Å². The van der Waals surface area contributed by atoms with E-state index in [1.165, 1.54) is 36.7 Å². The highest BCUT2D eigenvalue weighted by Gasteiger charge is 2.42.